The Labute approximate surface area is 112 Å². The molecule has 0 saturated heterocycles. The quantitative estimate of drug-likeness (QED) is 0.275. The number of carbonyl (C=O) groups excluding carboxylic acids is 1. The maximum Gasteiger partial charge on any atom is 0.149 e. The van der Waals surface area contributed by atoms with Gasteiger partial charge in [-0.1, -0.05) is 32.6 Å². The number of hydrogen-bond donors (Lipinski definition) is 0. The van der Waals surface area contributed by atoms with E-state index in [4.69, 9.17) is 4.74 Å². The van der Waals surface area contributed by atoms with Crippen LogP contribution in [0.1, 0.15) is 65.2 Å². The van der Waals surface area contributed by atoms with Gasteiger partial charge in [0.15, 0.2) is 0 Å². The summed E-state index contributed by atoms with van der Waals surface area (Å²) >= 11 is 0. The molecule has 1 saturated carbocycles. The Balaban J connectivity index is 2.31. The van der Waals surface area contributed by atoms with Crippen molar-refractivity contribution in [1.29, 1.82) is 0 Å². The van der Waals surface area contributed by atoms with Crippen molar-refractivity contribution in [3.63, 3.8) is 0 Å². The van der Waals surface area contributed by atoms with Crippen molar-refractivity contribution < 1.29 is 9.53 Å². The number of unbranched alkanes of at least 4 members (excludes halogenated alkanes) is 2. The first-order valence-electron chi connectivity index (χ1n) is 7.58. The molecule has 104 valence electrons. The zero-order valence-electron chi connectivity index (χ0n) is 12.0. The van der Waals surface area contributed by atoms with Crippen LogP contribution in [0.25, 0.3) is 0 Å². The summed E-state index contributed by atoms with van der Waals surface area (Å²) in [5.41, 5.74) is 0.865. The van der Waals surface area contributed by atoms with Gasteiger partial charge in [0.25, 0.3) is 0 Å². The molecule has 2 heteroatoms. The first kappa shape index (κ1) is 15.3. The smallest absolute Gasteiger partial charge is 0.149 e. The van der Waals surface area contributed by atoms with Gasteiger partial charge >= 0.3 is 0 Å². The summed E-state index contributed by atoms with van der Waals surface area (Å²) in [4.78, 5) is 11.1. The molecular formula is C16H28O2. The summed E-state index contributed by atoms with van der Waals surface area (Å²) in [6.07, 6.45) is 13.0. The van der Waals surface area contributed by atoms with Gasteiger partial charge in [0.05, 0.1) is 12.9 Å². The highest BCUT2D eigenvalue weighted by molar-refractivity contribution is 5.73. The molecule has 2 nitrogen and oxygen atoms in total. The van der Waals surface area contributed by atoms with Crippen molar-refractivity contribution in [2.75, 3.05) is 6.61 Å². The van der Waals surface area contributed by atoms with Gasteiger partial charge < -0.3 is 4.74 Å². The Hall–Kier alpha value is -0.790. The molecule has 0 spiro atoms. The molecule has 0 heterocycles. The lowest BCUT2D eigenvalue weighted by Gasteiger charge is -2.28. The van der Waals surface area contributed by atoms with E-state index in [2.05, 4.69) is 6.92 Å². The maximum absolute atomic E-state index is 11.1. The Morgan fingerprint density at radius 2 is 1.89 bits per heavy atom. The third kappa shape index (κ3) is 5.24. The summed E-state index contributed by atoms with van der Waals surface area (Å²) in [6, 6.07) is 0. The van der Waals surface area contributed by atoms with Gasteiger partial charge in [0.1, 0.15) is 6.29 Å². The zero-order valence-corrected chi connectivity index (χ0v) is 12.0. The van der Waals surface area contributed by atoms with E-state index in [9.17, 15) is 4.79 Å². The van der Waals surface area contributed by atoms with Crippen LogP contribution in [-0.2, 0) is 9.53 Å². The molecule has 0 N–H and O–H groups in total. The Kier molecular flexibility index (Phi) is 7.79. The van der Waals surface area contributed by atoms with Gasteiger partial charge in [-0.05, 0) is 44.4 Å². The van der Waals surface area contributed by atoms with Crippen LogP contribution < -0.4 is 0 Å². The number of rotatable bonds is 8. The van der Waals surface area contributed by atoms with Crippen LogP contribution in [0.5, 0.6) is 0 Å². The predicted molar refractivity (Wildman–Crippen MR) is 75.4 cm³/mol. The zero-order chi connectivity index (χ0) is 13.2. The third-order valence-electron chi connectivity index (χ3n) is 4.06. The fourth-order valence-corrected chi connectivity index (χ4v) is 2.87. The van der Waals surface area contributed by atoms with Crippen molar-refractivity contribution in [3.05, 3.63) is 11.8 Å². The molecule has 0 aliphatic heterocycles. The summed E-state index contributed by atoms with van der Waals surface area (Å²) in [7, 11) is 0. The average molecular weight is 252 g/mol. The molecule has 0 radical (unpaired) electrons. The molecule has 1 fully saturated rings. The topological polar surface area (TPSA) is 26.3 Å². The van der Waals surface area contributed by atoms with Gasteiger partial charge in [-0.3, -0.25) is 4.79 Å². The van der Waals surface area contributed by atoms with Crippen molar-refractivity contribution in [1.82, 2.24) is 0 Å². The van der Waals surface area contributed by atoms with E-state index in [1.165, 1.54) is 38.5 Å². The van der Waals surface area contributed by atoms with Gasteiger partial charge in [-0.2, -0.15) is 0 Å². The summed E-state index contributed by atoms with van der Waals surface area (Å²) in [5, 5.41) is 0. The lowest BCUT2D eigenvalue weighted by Crippen LogP contribution is -2.17. The highest BCUT2D eigenvalue weighted by Crippen LogP contribution is 2.35. The van der Waals surface area contributed by atoms with Crippen LogP contribution in [0.4, 0.5) is 0 Å². The molecule has 18 heavy (non-hydrogen) atoms. The number of aldehydes is 1. The van der Waals surface area contributed by atoms with E-state index >= 15 is 0 Å². The highest BCUT2D eigenvalue weighted by atomic mass is 16.5. The largest absolute Gasteiger partial charge is 0.501 e. The number of ether oxygens (including phenoxy) is 1. The molecule has 1 aliphatic carbocycles. The summed E-state index contributed by atoms with van der Waals surface area (Å²) in [5.74, 6) is 1.34. The van der Waals surface area contributed by atoms with E-state index < -0.39 is 0 Å². The van der Waals surface area contributed by atoms with Crippen LogP contribution in [0.15, 0.2) is 11.8 Å². The van der Waals surface area contributed by atoms with Crippen LogP contribution in [-0.4, -0.2) is 12.9 Å². The molecule has 1 aliphatic rings. The molecular weight excluding hydrogens is 224 g/mol. The second-order valence-corrected chi connectivity index (χ2v) is 5.40. The average Bonchev–Trinajstić information content (AvgIpc) is 2.41. The third-order valence-corrected chi connectivity index (χ3v) is 4.06. The van der Waals surface area contributed by atoms with Crippen LogP contribution in [0.2, 0.25) is 0 Å². The predicted octanol–water partition coefficient (Wildman–Crippen LogP) is 4.49. The summed E-state index contributed by atoms with van der Waals surface area (Å²) < 4.78 is 5.25. The van der Waals surface area contributed by atoms with Gasteiger partial charge in [-0.15, -0.1) is 0 Å². The monoisotopic (exact) mass is 252 g/mol. The molecule has 0 aromatic carbocycles. The molecule has 1 rings (SSSR count). The van der Waals surface area contributed by atoms with Crippen LogP contribution >= 0.6 is 0 Å². The van der Waals surface area contributed by atoms with Gasteiger partial charge in [-0.25, -0.2) is 0 Å². The second-order valence-electron chi connectivity index (χ2n) is 5.40. The van der Waals surface area contributed by atoms with Gasteiger partial charge in [0.2, 0.25) is 0 Å². The van der Waals surface area contributed by atoms with E-state index in [0.717, 1.165) is 30.6 Å². The maximum atomic E-state index is 11.1. The molecule has 0 unspecified atom stereocenters. The molecule has 0 aromatic heterocycles. The molecule has 0 atom stereocenters. The van der Waals surface area contributed by atoms with Crippen molar-refractivity contribution in [3.8, 4) is 0 Å². The fraction of sp³-hybridized carbons (Fsp3) is 0.812. The van der Waals surface area contributed by atoms with E-state index in [-0.39, 0.29) is 0 Å². The SMILES string of the molecule is CCCCC[C@H]1CC[C@H](C(C=O)=COCC)CC1. The standard InChI is InChI=1S/C16H28O2/c1-3-5-6-7-14-8-10-15(11-9-14)16(12-17)13-18-4-2/h12-15H,3-11H2,1-2H3/t14-,15-. The van der Waals surface area contributed by atoms with Crippen molar-refractivity contribution in [2.24, 2.45) is 11.8 Å². The van der Waals surface area contributed by atoms with Crippen LogP contribution in [0, 0.1) is 11.8 Å². The molecule has 0 bridgehead atoms. The first-order valence-corrected chi connectivity index (χ1v) is 7.58. The van der Waals surface area contributed by atoms with E-state index in [1.54, 1.807) is 6.26 Å². The summed E-state index contributed by atoms with van der Waals surface area (Å²) in [6.45, 7) is 4.85. The highest BCUT2D eigenvalue weighted by Gasteiger charge is 2.23. The Morgan fingerprint density at radius 1 is 1.17 bits per heavy atom. The lowest BCUT2D eigenvalue weighted by molar-refractivity contribution is -0.105. The van der Waals surface area contributed by atoms with E-state index in [0.29, 0.717) is 12.5 Å². The van der Waals surface area contributed by atoms with Gasteiger partial charge in [0, 0.05) is 5.57 Å². The van der Waals surface area contributed by atoms with E-state index in [1.807, 2.05) is 6.92 Å². The normalized spacial score (nSPS) is 24.9. The minimum Gasteiger partial charge on any atom is -0.501 e. The molecule has 0 aromatic rings. The number of allylic oxidation sites excluding steroid dienone is 1. The van der Waals surface area contributed by atoms with Crippen molar-refractivity contribution >= 4 is 6.29 Å². The second kappa shape index (κ2) is 9.18. The first-order chi connectivity index (χ1) is 8.81. The minimum absolute atomic E-state index is 0.441. The fourth-order valence-electron chi connectivity index (χ4n) is 2.87. The lowest BCUT2D eigenvalue weighted by atomic mass is 9.77. The van der Waals surface area contributed by atoms with Crippen molar-refractivity contribution in [2.45, 2.75) is 65.2 Å². The molecule has 0 amide bonds. The minimum atomic E-state index is 0.441. The Bertz CT molecular complexity index is 250. The van der Waals surface area contributed by atoms with Crippen LogP contribution in [0.3, 0.4) is 0 Å². The number of hydrogen-bond acceptors (Lipinski definition) is 2. The number of carbonyl (C=O) groups is 1. The Morgan fingerprint density at radius 3 is 2.44 bits per heavy atom.